The van der Waals surface area contributed by atoms with Crippen LogP contribution in [-0.4, -0.2) is 20.6 Å². The summed E-state index contributed by atoms with van der Waals surface area (Å²) in [4.78, 5) is 5.23. The molecule has 0 saturated heterocycles. The van der Waals surface area contributed by atoms with E-state index in [1.54, 1.807) is 16.9 Å². The van der Waals surface area contributed by atoms with Crippen molar-refractivity contribution in [1.82, 2.24) is 14.6 Å². The molecule has 2 heterocycles. The van der Waals surface area contributed by atoms with E-state index >= 15 is 0 Å². The zero-order chi connectivity index (χ0) is 10.8. The molecule has 4 nitrogen and oxygen atoms in total. The van der Waals surface area contributed by atoms with Gasteiger partial charge in [0, 0.05) is 12.2 Å². The molecule has 0 spiro atoms. The summed E-state index contributed by atoms with van der Waals surface area (Å²) >= 11 is 4.16. The molecule has 0 aliphatic rings. The average molecular weight is 240 g/mol. The standard InChI is InChI=1S/C9H12N4S2/c1-6(2)12-8-3-4-10-9-7(15-14)5-11-13(8)9/h3-6,12,14H,1-2H3. The SMILES string of the molecule is CC(C)Nc1ccnc2c(SS)cnn12. The fourth-order valence-corrected chi connectivity index (χ4v) is 2.04. The van der Waals surface area contributed by atoms with Crippen molar-refractivity contribution >= 4 is 33.9 Å². The zero-order valence-corrected chi connectivity index (χ0v) is 10.2. The minimum Gasteiger partial charge on any atom is -0.368 e. The molecule has 0 fully saturated rings. The highest BCUT2D eigenvalue weighted by atomic mass is 33.1. The summed E-state index contributed by atoms with van der Waals surface area (Å²) in [6, 6.07) is 2.28. The molecule has 2 aromatic heterocycles. The molecule has 2 aromatic rings. The van der Waals surface area contributed by atoms with Crippen LogP contribution in [0.3, 0.4) is 0 Å². The van der Waals surface area contributed by atoms with Crippen molar-refractivity contribution in [2.45, 2.75) is 24.8 Å². The Bertz CT molecular complexity index is 466. The molecule has 2 rings (SSSR count). The van der Waals surface area contributed by atoms with Gasteiger partial charge in [0.2, 0.25) is 0 Å². The maximum atomic E-state index is 4.27. The van der Waals surface area contributed by atoms with Crippen LogP contribution in [0.1, 0.15) is 13.8 Å². The highest BCUT2D eigenvalue weighted by molar-refractivity contribution is 8.68. The van der Waals surface area contributed by atoms with E-state index < -0.39 is 0 Å². The Hall–Kier alpha value is -0.880. The van der Waals surface area contributed by atoms with Crippen molar-refractivity contribution in [2.75, 3.05) is 5.32 Å². The van der Waals surface area contributed by atoms with Gasteiger partial charge in [-0.15, -0.1) is 11.7 Å². The van der Waals surface area contributed by atoms with Gasteiger partial charge in [-0.25, -0.2) is 4.98 Å². The van der Waals surface area contributed by atoms with Crippen molar-refractivity contribution in [1.29, 1.82) is 0 Å². The lowest BCUT2D eigenvalue weighted by atomic mass is 10.4. The van der Waals surface area contributed by atoms with Gasteiger partial charge in [0.15, 0.2) is 5.65 Å². The zero-order valence-electron chi connectivity index (χ0n) is 8.51. The maximum absolute atomic E-state index is 4.27. The molecule has 0 bridgehead atoms. The summed E-state index contributed by atoms with van der Waals surface area (Å²) in [5.74, 6) is 0.948. The number of aromatic nitrogens is 3. The fourth-order valence-electron chi connectivity index (χ4n) is 1.34. The van der Waals surface area contributed by atoms with E-state index in [1.165, 1.54) is 10.8 Å². The van der Waals surface area contributed by atoms with E-state index in [9.17, 15) is 0 Å². The van der Waals surface area contributed by atoms with Crippen molar-refractivity contribution < 1.29 is 0 Å². The van der Waals surface area contributed by atoms with E-state index in [4.69, 9.17) is 0 Å². The second kappa shape index (κ2) is 4.32. The number of nitrogens with zero attached hydrogens (tertiary/aromatic N) is 3. The molecule has 0 unspecified atom stereocenters. The van der Waals surface area contributed by atoms with Crippen molar-refractivity contribution in [2.24, 2.45) is 0 Å². The van der Waals surface area contributed by atoms with Crippen molar-refractivity contribution in [3.05, 3.63) is 18.5 Å². The smallest absolute Gasteiger partial charge is 0.171 e. The third-order valence-corrected chi connectivity index (χ3v) is 2.98. The van der Waals surface area contributed by atoms with Gasteiger partial charge < -0.3 is 5.32 Å². The summed E-state index contributed by atoms with van der Waals surface area (Å²) in [6.07, 6.45) is 3.54. The minimum atomic E-state index is 0.368. The van der Waals surface area contributed by atoms with Crippen LogP contribution in [0, 0.1) is 0 Å². The Kier molecular flexibility index (Phi) is 3.06. The molecule has 80 valence electrons. The lowest BCUT2D eigenvalue weighted by Crippen LogP contribution is -2.13. The Morgan fingerprint density at radius 1 is 1.53 bits per heavy atom. The first-order valence-electron chi connectivity index (χ1n) is 4.63. The molecular formula is C9H12N4S2. The molecular weight excluding hydrogens is 228 g/mol. The first-order valence-corrected chi connectivity index (χ1v) is 6.50. The van der Waals surface area contributed by atoms with Gasteiger partial charge in [-0.05, 0) is 19.9 Å². The second-order valence-electron chi connectivity index (χ2n) is 3.46. The van der Waals surface area contributed by atoms with Gasteiger partial charge in [0.1, 0.15) is 5.82 Å². The number of thiol groups is 1. The van der Waals surface area contributed by atoms with Gasteiger partial charge in [0.25, 0.3) is 0 Å². The molecule has 0 aliphatic carbocycles. The lowest BCUT2D eigenvalue weighted by Gasteiger charge is -2.10. The fraction of sp³-hybridized carbons (Fsp3) is 0.333. The Morgan fingerprint density at radius 3 is 3.00 bits per heavy atom. The number of hydrogen-bond acceptors (Lipinski definition) is 5. The predicted octanol–water partition coefficient (Wildman–Crippen LogP) is 2.49. The van der Waals surface area contributed by atoms with E-state index in [1.807, 2.05) is 6.07 Å². The average Bonchev–Trinajstić information content (AvgIpc) is 2.61. The first-order chi connectivity index (χ1) is 7.22. The van der Waals surface area contributed by atoms with Crippen LogP contribution in [-0.2, 0) is 0 Å². The van der Waals surface area contributed by atoms with Crippen molar-refractivity contribution in [3.8, 4) is 0 Å². The van der Waals surface area contributed by atoms with Gasteiger partial charge in [-0.3, -0.25) is 0 Å². The van der Waals surface area contributed by atoms with Gasteiger partial charge in [-0.1, -0.05) is 10.8 Å². The highest BCUT2D eigenvalue weighted by Crippen LogP contribution is 2.26. The maximum Gasteiger partial charge on any atom is 0.171 e. The first kappa shape index (κ1) is 10.6. The van der Waals surface area contributed by atoms with Gasteiger partial charge in [-0.2, -0.15) is 9.61 Å². The van der Waals surface area contributed by atoms with Crippen LogP contribution in [0.25, 0.3) is 5.65 Å². The summed E-state index contributed by atoms with van der Waals surface area (Å²) in [5, 5.41) is 7.58. The molecule has 0 saturated carbocycles. The molecule has 15 heavy (non-hydrogen) atoms. The molecule has 0 aliphatic heterocycles. The lowest BCUT2D eigenvalue weighted by molar-refractivity contribution is 0.851. The van der Waals surface area contributed by atoms with E-state index in [0.29, 0.717) is 6.04 Å². The number of fused-ring (bicyclic) bond motifs is 1. The van der Waals surface area contributed by atoms with Crippen LogP contribution >= 0.6 is 22.5 Å². The summed E-state index contributed by atoms with van der Waals surface area (Å²) < 4.78 is 1.79. The molecule has 0 atom stereocenters. The molecule has 0 aromatic carbocycles. The minimum absolute atomic E-state index is 0.368. The van der Waals surface area contributed by atoms with Crippen LogP contribution in [0.2, 0.25) is 0 Å². The summed E-state index contributed by atoms with van der Waals surface area (Å²) in [6.45, 7) is 4.17. The second-order valence-corrected chi connectivity index (χ2v) is 4.63. The normalized spacial score (nSPS) is 11.2. The topological polar surface area (TPSA) is 42.2 Å². The van der Waals surface area contributed by atoms with Crippen LogP contribution in [0.4, 0.5) is 5.82 Å². The predicted molar refractivity (Wildman–Crippen MR) is 66.6 cm³/mol. The number of nitrogens with one attached hydrogen (secondary N) is 1. The van der Waals surface area contributed by atoms with E-state index in [2.05, 4.69) is 40.9 Å². The Labute approximate surface area is 97.3 Å². The quantitative estimate of drug-likeness (QED) is 0.639. The van der Waals surface area contributed by atoms with Crippen molar-refractivity contribution in [3.63, 3.8) is 0 Å². The van der Waals surface area contributed by atoms with Crippen LogP contribution in [0.5, 0.6) is 0 Å². The van der Waals surface area contributed by atoms with Gasteiger partial charge in [0.05, 0.1) is 11.1 Å². The number of anilines is 1. The highest BCUT2D eigenvalue weighted by Gasteiger charge is 2.08. The van der Waals surface area contributed by atoms with Crippen LogP contribution in [0.15, 0.2) is 23.4 Å². The third kappa shape index (κ3) is 2.05. The van der Waals surface area contributed by atoms with E-state index in [0.717, 1.165) is 16.4 Å². The van der Waals surface area contributed by atoms with Gasteiger partial charge >= 0.3 is 0 Å². The monoisotopic (exact) mass is 240 g/mol. The molecule has 1 N–H and O–H groups in total. The van der Waals surface area contributed by atoms with E-state index in [-0.39, 0.29) is 0 Å². The number of rotatable bonds is 3. The summed E-state index contributed by atoms with van der Waals surface area (Å²) in [7, 11) is 1.35. The van der Waals surface area contributed by atoms with Crippen LogP contribution < -0.4 is 5.32 Å². The molecule has 0 amide bonds. The molecule has 6 heteroatoms. The Balaban J connectivity index is 2.52. The summed E-state index contributed by atoms with van der Waals surface area (Å²) in [5.41, 5.74) is 0.834. The third-order valence-electron chi connectivity index (χ3n) is 1.90. The number of hydrogen-bond donors (Lipinski definition) is 2. The molecule has 0 radical (unpaired) electrons. The Morgan fingerprint density at radius 2 is 2.33 bits per heavy atom. The largest absolute Gasteiger partial charge is 0.368 e.